The number of nitrogens with zero attached hydrogens (tertiary/aromatic N) is 2. The number of ether oxygens (including phenoxy) is 1. The number of rotatable bonds is 5. The minimum Gasteiger partial charge on any atom is -0.485 e. The van der Waals surface area contributed by atoms with Crippen LogP contribution in [0.15, 0.2) is 30.5 Å². The fourth-order valence-electron chi connectivity index (χ4n) is 1.75. The van der Waals surface area contributed by atoms with Gasteiger partial charge in [0.05, 0.1) is 11.9 Å². The van der Waals surface area contributed by atoms with Crippen molar-refractivity contribution in [1.29, 1.82) is 0 Å². The van der Waals surface area contributed by atoms with E-state index in [1.54, 1.807) is 6.20 Å². The summed E-state index contributed by atoms with van der Waals surface area (Å²) in [6.45, 7) is 4.83. The molecule has 2 N–H and O–H groups in total. The highest BCUT2D eigenvalue weighted by molar-refractivity contribution is 6.30. The maximum atomic E-state index is 5.94. The first-order chi connectivity index (χ1) is 9.60. The molecule has 1 aromatic heterocycles. The van der Waals surface area contributed by atoms with Gasteiger partial charge in [-0.15, -0.1) is 0 Å². The molecule has 0 atom stereocenters. The predicted molar refractivity (Wildman–Crippen MR) is 79.8 cm³/mol. The van der Waals surface area contributed by atoms with Gasteiger partial charge in [-0.2, -0.15) is 0 Å². The minimum atomic E-state index is 0.266. The summed E-state index contributed by atoms with van der Waals surface area (Å²) in [4.78, 5) is 8.73. The van der Waals surface area contributed by atoms with Crippen molar-refractivity contribution in [2.75, 3.05) is 0 Å². The van der Waals surface area contributed by atoms with Crippen LogP contribution >= 0.6 is 11.6 Å². The highest BCUT2D eigenvalue weighted by Crippen LogP contribution is 2.20. The molecule has 20 heavy (non-hydrogen) atoms. The summed E-state index contributed by atoms with van der Waals surface area (Å²) in [5.41, 5.74) is 7.44. The van der Waals surface area contributed by atoms with E-state index in [0.717, 1.165) is 17.1 Å². The van der Waals surface area contributed by atoms with Crippen LogP contribution in [0.3, 0.4) is 0 Å². The van der Waals surface area contributed by atoms with Crippen LogP contribution in [0.2, 0.25) is 5.02 Å². The van der Waals surface area contributed by atoms with Gasteiger partial charge in [0, 0.05) is 17.5 Å². The van der Waals surface area contributed by atoms with Crippen LogP contribution in [-0.4, -0.2) is 9.97 Å². The van der Waals surface area contributed by atoms with Gasteiger partial charge in [0.2, 0.25) is 0 Å². The normalized spacial score (nSPS) is 10.8. The summed E-state index contributed by atoms with van der Waals surface area (Å²) < 4.78 is 5.74. The molecule has 0 saturated carbocycles. The SMILES string of the molecule is CC(C)c1ncc(OCc2cccc(Cl)c2)c(CN)n1. The molecule has 1 heterocycles. The maximum absolute atomic E-state index is 5.94. The van der Waals surface area contributed by atoms with Crippen LogP contribution in [0.25, 0.3) is 0 Å². The van der Waals surface area contributed by atoms with Crippen LogP contribution in [-0.2, 0) is 13.2 Å². The Bertz CT molecular complexity index is 587. The van der Waals surface area contributed by atoms with Gasteiger partial charge in [-0.05, 0) is 17.7 Å². The lowest BCUT2D eigenvalue weighted by molar-refractivity contribution is 0.299. The Morgan fingerprint density at radius 3 is 2.80 bits per heavy atom. The third kappa shape index (κ3) is 3.68. The summed E-state index contributed by atoms with van der Waals surface area (Å²) in [5.74, 6) is 1.67. The van der Waals surface area contributed by atoms with E-state index in [0.29, 0.717) is 23.9 Å². The van der Waals surface area contributed by atoms with Crippen molar-refractivity contribution < 1.29 is 4.74 Å². The quantitative estimate of drug-likeness (QED) is 0.918. The Balaban J connectivity index is 2.13. The maximum Gasteiger partial charge on any atom is 0.160 e. The molecule has 5 heteroatoms. The second-order valence-electron chi connectivity index (χ2n) is 4.82. The van der Waals surface area contributed by atoms with E-state index >= 15 is 0 Å². The van der Waals surface area contributed by atoms with Gasteiger partial charge in [0.25, 0.3) is 0 Å². The molecule has 0 aliphatic carbocycles. The zero-order valence-electron chi connectivity index (χ0n) is 11.6. The fraction of sp³-hybridized carbons (Fsp3) is 0.333. The highest BCUT2D eigenvalue weighted by atomic mass is 35.5. The number of nitrogens with two attached hydrogens (primary N) is 1. The summed E-state index contributed by atoms with van der Waals surface area (Å²) in [6, 6.07) is 7.55. The number of benzene rings is 1. The van der Waals surface area contributed by atoms with Crippen molar-refractivity contribution >= 4 is 11.6 Å². The van der Waals surface area contributed by atoms with Crippen LogP contribution in [0.1, 0.15) is 36.8 Å². The Kier molecular flexibility index (Phi) is 4.93. The number of halogens is 1. The standard InChI is InChI=1S/C15H18ClN3O/c1-10(2)15-18-8-14(13(7-17)19-15)20-9-11-4-3-5-12(16)6-11/h3-6,8,10H,7,9,17H2,1-2H3. The Morgan fingerprint density at radius 2 is 2.15 bits per heavy atom. The molecular weight excluding hydrogens is 274 g/mol. The van der Waals surface area contributed by atoms with Gasteiger partial charge in [-0.3, -0.25) is 0 Å². The van der Waals surface area contributed by atoms with Gasteiger partial charge in [0.15, 0.2) is 5.75 Å². The van der Waals surface area contributed by atoms with Gasteiger partial charge in [-0.1, -0.05) is 37.6 Å². The molecule has 0 spiro atoms. The first-order valence-corrected chi connectivity index (χ1v) is 6.91. The molecule has 4 nitrogen and oxygen atoms in total. The second kappa shape index (κ2) is 6.68. The number of aromatic nitrogens is 2. The summed E-state index contributed by atoms with van der Waals surface area (Å²) in [6.07, 6.45) is 1.69. The molecule has 0 amide bonds. The smallest absolute Gasteiger partial charge is 0.160 e. The summed E-state index contributed by atoms with van der Waals surface area (Å²) >= 11 is 5.94. The largest absolute Gasteiger partial charge is 0.485 e. The molecule has 1 aromatic carbocycles. The molecule has 0 unspecified atom stereocenters. The predicted octanol–water partition coefficient (Wildman–Crippen LogP) is 3.29. The van der Waals surface area contributed by atoms with E-state index in [-0.39, 0.29) is 5.92 Å². The van der Waals surface area contributed by atoms with Crippen molar-refractivity contribution in [3.05, 3.63) is 52.6 Å². The van der Waals surface area contributed by atoms with Crippen LogP contribution in [0, 0.1) is 0 Å². The van der Waals surface area contributed by atoms with Crippen LogP contribution in [0.4, 0.5) is 0 Å². The molecule has 0 aliphatic rings. The second-order valence-corrected chi connectivity index (χ2v) is 5.25. The molecule has 2 rings (SSSR count). The Hall–Kier alpha value is -1.65. The van der Waals surface area contributed by atoms with Gasteiger partial charge in [-0.25, -0.2) is 9.97 Å². The fourth-order valence-corrected chi connectivity index (χ4v) is 1.97. The van der Waals surface area contributed by atoms with Gasteiger partial charge < -0.3 is 10.5 Å². The first kappa shape index (κ1) is 14.8. The van der Waals surface area contributed by atoms with Crippen molar-refractivity contribution in [3.8, 4) is 5.75 Å². The van der Waals surface area contributed by atoms with Gasteiger partial charge >= 0.3 is 0 Å². The molecule has 106 valence electrons. The van der Waals surface area contributed by atoms with Crippen molar-refractivity contribution in [2.45, 2.75) is 32.9 Å². The monoisotopic (exact) mass is 291 g/mol. The van der Waals surface area contributed by atoms with Crippen molar-refractivity contribution in [1.82, 2.24) is 9.97 Å². The van der Waals surface area contributed by atoms with Crippen LogP contribution < -0.4 is 10.5 Å². The molecule has 0 fully saturated rings. The lowest BCUT2D eigenvalue weighted by Gasteiger charge is -2.12. The Labute approximate surface area is 124 Å². The van der Waals surface area contributed by atoms with E-state index in [1.165, 1.54) is 0 Å². The average Bonchev–Trinajstić information content (AvgIpc) is 2.45. The van der Waals surface area contributed by atoms with Crippen LogP contribution in [0.5, 0.6) is 5.75 Å². The molecule has 0 aliphatic heterocycles. The first-order valence-electron chi connectivity index (χ1n) is 6.53. The number of hydrogen-bond acceptors (Lipinski definition) is 4. The zero-order valence-corrected chi connectivity index (χ0v) is 12.4. The minimum absolute atomic E-state index is 0.266. The zero-order chi connectivity index (χ0) is 14.5. The average molecular weight is 292 g/mol. The topological polar surface area (TPSA) is 61.0 Å². The van der Waals surface area contributed by atoms with E-state index in [4.69, 9.17) is 22.1 Å². The van der Waals surface area contributed by atoms with Crippen molar-refractivity contribution in [2.24, 2.45) is 5.73 Å². The molecule has 2 aromatic rings. The Morgan fingerprint density at radius 1 is 1.35 bits per heavy atom. The summed E-state index contributed by atoms with van der Waals surface area (Å²) in [5, 5.41) is 0.691. The summed E-state index contributed by atoms with van der Waals surface area (Å²) in [7, 11) is 0. The van der Waals surface area contributed by atoms with E-state index in [9.17, 15) is 0 Å². The van der Waals surface area contributed by atoms with Crippen molar-refractivity contribution in [3.63, 3.8) is 0 Å². The lowest BCUT2D eigenvalue weighted by Crippen LogP contribution is -2.09. The van der Waals surface area contributed by atoms with E-state index in [2.05, 4.69) is 9.97 Å². The third-order valence-electron chi connectivity index (χ3n) is 2.84. The highest BCUT2D eigenvalue weighted by Gasteiger charge is 2.10. The lowest BCUT2D eigenvalue weighted by atomic mass is 10.2. The molecular formula is C15H18ClN3O. The molecule has 0 saturated heterocycles. The third-order valence-corrected chi connectivity index (χ3v) is 3.08. The van der Waals surface area contributed by atoms with Gasteiger partial charge in [0.1, 0.15) is 12.4 Å². The number of hydrogen-bond donors (Lipinski definition) is 1. The van der Waals surface area contributed by atoms with E-state index < -0.39 is 0 Å². The molecule has 0 bridgehead atoms. The van der Waals surface area contributed by atoms with E-state index in [1.807, 2.05) is 38.1 Å². The molecule has 0 radical (unpaired) electrons.